The number of ether oxygens (including phenoxy) is 1. The van der Waals surface area contributed by atoms with E-state index in [0.29, 0.717) is 22.5 Å². The molecule has 1 heterocycles. The van der Waals surface area contributed by atoms with Crippen molar-refractivity contribution in [1.82, 2.24) is 9.97 Å². The quantitative estimate of drug-likeness (QED) is 0.796. The second kappa shape index (κ2) is 5.13. The normalized spacial score (nSPS) is 10.7. The van der Waals surface area contributed by atoms with Gasteiger partial charge in [-0.05, 0) is 24.3 Å². The Morgan fingerprint density at radius 1 is 1.15 bits per heavy atom. The maximum Gasteiger partial charge on any atom is 0.258 e. The average molecular weight is 270 g/mol. The van der Waals surface area contributed by atoms with Gasteiger partial charge in [-0.3, -0.25) is 4.79 Å². The number of nitrogens with zero attached hydrogens (tertiary/aromatic N) is 1. The largest absolute Gasteiger partial charge is 0.486 e. The smallest absolute Gasteiger partial charge is 0.258 e. The number of aromatic amines is 1. The Hall–Kier alpha value is -2.69. The van der Waals surface area contributed by atoms with Crippen LogP contribution in [0, 0.1) is 5.82 Å². The molecular weight excluding hydrogens is 259 g/mol. The first kappa shape index (κ1) is 12.3. The molecule has 4 nitrogen and oxygen atoms in total. The summed E-state index contributed by atoms with van der Waals surface area (Å²) in [5.41, 5.74) is 0.391. The van der Waals surface area contributed by atoms with Crippen LogP contribution in [0.15, 0.2) is 53.3 Å². The van der Waals surface area contributed by atoms with Gasteiger partial charge in [0, 0.05) is 6.07 Å². The summed E-state index contributed by atoms with van der Waals surface area (Å²) in [7, 11) is 0. The fraction of sp³-hybridized carbons (Fsp3) is 0.0667. The van der Waals surface area contributed by atoms with Crippen molar-refractivity contribution in [3.63, 3.8) is 0 Å². The van der Waals surface area contributed by atoms with E-state index in [9.17, 15) is 9.18 Å². The van der Waals surface area contributed by atoms with Crippen LogP contribution in [-0.4, -0.2) is 9.97 Å². The van der Waals surface area contributed by atoms with E-state index in [2.05, 4.69) is 9.97 Å². The lowest BCUT2D eigenvalue weighted by Gasteiger charge is -2.06. The molecule has 0 aliphatic rings. The minimum Gasteiger partial charge on any atom is -0.486 e. The Morgan fingerprint density at radius 2 is 2.00 bits per heavy atom. The molecule has 0 radical (unpaired) electrons. The Balaban J connectivity index is 1.86. The number of para-hydroxylation sites is 1. The van der Waals surface area contributed by atoms with Crippen molar-refractivity contribution in [2.24, 2.45) is 0 Å². The van der Waals surface area contributed by atoms with Gasteiger partial charge in [0.15, 0.2) is 0 Å². The molecule has 5 heteroatoms. The van der Waals surface area contributed by atoms with Crippen LogP contribution < -0.4 is 10.3 Å². The zero-order valence-electron chi connectivity index (χ0n) is 10.5. The number of fused-ring (bicyclic) bond motifs is 1. The molecule has 0 atom stereocenters. The third-order valence-corrected chi connectivity index (χ3v) is 2.83. The van der Waals surface area contributed by atoms with Gasteiger partial charge in [0.05, 0.1) is 10.9 Å². The van der Waals surface area contributed by atoms with Crippen molar-refractivity contribution in [2.45, 2.75) is 6.61 Å². The number of aromatic nitrogens is 2. The first-order valence-corrected chi connectivity index (χ1v) is 6.09. The number of benzene rings is 2. The van der Waals surface area contributed by atoms with Crippen molar-refractivity contribution in [3.8, 4) is 5.75 Å². The standard InChI is InChI=1S/C15H11FN2O2/c16-10-4-3-5-11(8-10)20-9-14-17-13-7-2-1-6-12(13)15(19)18-14/h1-8H,9H2,(H,17,18,19). The maximum atomic E-state index is 13.0. The summed E-state index contributed by atoms with van der Waals surface area (Å²) in [6, 6.07) is 12.9. The molecule has 20 heavy (non-hydrogen) atoms. The number of halogens is 1. The monoisotopic (exact) mass is 270 g/mol. The first-order chi connectivity index (χ1) is 9.72. The van der Waals surface area contributed by atoms with Crippen LogP contribution in [-0.2, 0) is 6.61 Å². The summed E-state index contributed by atoms with van der Waals surface area (Å²) in [6.07, 6.45) is 0. The summed E-state index contributed by atoms with van der Waals surface area (Å²) < 4.78 is 18.4. The molecule has 2 aromatic carbocycles. The molecular formula is C15H11FN2O2. The Morgan fingerprint density at radius 3 is 2.85 bits per heavy atom. The molecule has 0 spiro atoms. The number of rotatable bonds is 3. The molecule has 0 fully saturated rings. The summed E-state index contributed by atoms with van der Waals surface area (Å²) >= 11 is 0. The van der Waals surface area contributed by atoms with Gasteiger partial charge in [0.2, 0.25) is 0 Å². The fourth-order valence-electron chi connectivity index (χ4n) is 1.91. The van der Waals surface area contributed by atoms with Crippen molar-refractivity contribution in [3.05, 3.63) is 70.5 Å². The fourth-order valence-corrected chi connectivity index (χ4v) is 1.91. The molecule has 1 N–H and O–H groups in total. The summed E-state index contributed by atoms with van der Waals surface area (Å²) in [4.78, 5) is 18.8. The lowest BCUT2D eigenvalue weighted by Crippen LogP contribution is -2.13. The van der Waals surface area contributed by atoms with E-state index in [1.807, 2.05) is 6.07 Å². The molecule has 3 rings (SSSR count). The summed E-state index contributed by atoms with van der Waals surface area (Å²) in [5, 5.41) is 0.530. The van der Waals surface area contributed by atoms with E-state index >= 15 is 0 Å². The zero-order valence-corrected chi connectivity index (χ0v) is 10.5. The van der Waals surface area contributed by atoms with Crippen LogP contribution in [0.2, 0.25) is 0 Å². The van der Waals surface area contributed by atoms with E-state index in [0.717, 1.165) is 0 Å². The predicted octanol–water partition coefficient (Wildman–Crippen LogP) is 2.64. The molecule has 0 amide bonds. The Bertz CT molecular complexity index is 814. The third-order valence-electron chi connectivity index (χ3n) is 2.83. The van der Waals surface area contributed by atoms with Crippen molar-refractivity contribution in [2.75, 3.05) is 0 Å². The number of H-pyrrole nitrogens is 1. The lowest BCUT2D eigenvalue weighted by molar-refractivity contribution is 0.294. The molecule has 0 unspecified atom stereocenters. The van der Waals surface area contributed by atoms with E-state index in [1.165, 1.54) is 12.1 Å². The highest BCUT2D eigenvalue weighted by molar-refractivity contribution is 5.77. The number of hydrogen-bond acceptors (Lipinski definition) is 3. The van der Waals surface area contributed by atoms with Gasteiger partial charge < -0.3 is 9.72 Å². The van der Waals surface area contributed by atoms with Crippen LogP contribution in [0.1, 0.15) is 5.82 Å². The summed E-state index contributed by atoms with van der Waals surface area (Å²) in [6.45, 7) is 0.0729. The number of nitrogens with one attached hydrogen (secondary N) is 1. The highest BCUT2D eigenvalue weighted by Gasteiger charge is 2.04. The maximum absolute atomic E-state index is 13.0. The molecule has 0 aliphatic carbocycles. The molecule has 0 saturated carbocycles. The van der Waals surface area contributed by atoms with Gasteiger partial charge in [-0.25, -0.2) is 9.37 Å². The van der Waals surface area contributed by atoms with Gasteiger partial charge in [0.25, 0.3) is 5.56 Å². The van der Waals surface area contributed by atoms with E-state index < -0.39 is 0 Å². The lowest BCUT2D eigenvalue weighted by atomic mass is 10.2. The molecule has 0 bridgehead atoms. The van der Waals surface area contributed by atoms with Crippen LogP contribution >= 0.6 is 0 Å². The van der Waals surface area contributed by atoms with Crippen LogP contribution in [0.25, 0.3) is 10.9 Å². The Labute approximate surface area is 113 Å². The topological polar surface area (TPSA) is 55.0 Å². The highest BCUT2D eigenvalue weighted by atomic mass is 19.1. The molecule has 1 aromatic heterocycles. The van der Waals surface area contributed by atoms with Crippen molar-refractivity contribution >= 4 is 10.9 Å². The second-order valence-corrected chi connectivity index (χ2v) is 4.28. The van der Waals surface area contributed by atoms with Gasteiger partial charge >= 0.3 is 0 Å². The Kier molecular flexibility index (Phi) is 3.16. The second-order valence-electron chi connectivity index (χ2n) is 4.28. The molecule has 100 valence electrons. The van der Waals surface area contributed by atoms with Gasteiger partial charge in [-0.1, -0.05) is 18.2 Å². The first-order valence-electron chi connectivity index (χ1n) is 6.09. The van der Waals surface area contributed by atoms with Gasteiger partial charge in [-0.15, -0.1) is 0 Å². The SMILES string of the molecule is O=c1[nH]c(COc2cccc(F)c2)nc2ccccc12. The van der Waals surface area contributed by atoms with Gasteiger partial charge in [0.1, 0.15) is 24.0 Å². The van der Waals surface area contributed by atoms with E-state index in [4.69, 9.17) is 4.74 Å². The van der Waals surface area contributed by atoms with E-state index in [1.54, 1.807) is 30.3 Å². The minimum absolute atomic E-state index is 0.0729. The van der Waals surface area contributed by atoms with Crippen molar-refractivity contribution < 1.29 is 9.13 Å². The van der Waals surface area contributed by atoms with Crippen LogP contribution in [0.4, 0.5) is 4.39 Å². The van der Waals surface area contributed by atoms with Gasteiger partial charge in [-0.2, -0.15) is 0 Å². The van der Waals surface area contributed by atoms with E-state index in [-0.39, 0.29) is 18.0 Å². The third kappa shape index (κ3) is 2.51. The molecule has 3 aromatic rings. The molecule has 0 aliphatic heterocycles. The zero-order chi connectivity index (χ0) is 13.9. The predicted molar refractivity (Wildman–Crippen MR) is 73.1 cm³/mol. The molecule has 0 saturated heterocycles. The van der Waals surface area contributed by atoms with Crippen LogP contribution in [0.3, 0.4) is 0 Å². The highest BCUT2D eigenvalue weighted by Crippen LogP contribution is 2.13. The average Bonchev–Trinajstić information content (AvgIpc) is 2.45. The minimum atomic E-state index is -0.373. The number of hydrogen-bond donors (Lipinski definition) is 1. The summed E-state index contributed by atoms with van der Waals surface area (Å²) in [5.74, 6) is 0.418. The van der Waals surface area contributed by atoms with Crippen molar-refractivity contribution in [1.29, 1.82) is 0 Å². The van der Waals surface area contributed by atoms with Crippen LogP contribution in [0.5, 0.6) is 5.75 Å².